The lowest BCUT2D eigenvalue weighted by Gasteiger charge is -2.34. The maximum Gasteiger partial charge on any atom is 0.122 e. The number of methoxy groups -OCH3 is 1. The molecular weight excluding hydrogens is 272 g/mol. The number of anilines is 1. The van der Waals surface area contributed by atoms with Gasteiger partial charge in [-0.05, 0) is 24.6 Å². The minimum Gasteiger partial charge on any atom is -0.499 e. The number of ether oxygens (including phenoxy) is 1. The Hall–Kier alpha value is -2.55. The molecule has 3 heteroatoms. The minimum absolute atomic E-state index is 0.388. The first-order valence-electron chi connectivity index (χ1n) is 7.37. The molecule has 0 saturated carbocycles. The molecule has 0 fully saturated rings. The summed E-state index contributed by atoms with van der Waals surface area (Å²) in [5.41, 5.74) is 2.83. The quantitative estimate of drug-likeness (QED) is 0.788. The van der Waals surface area contributed by atoms with Crippen LogP contribution in [0.2, 0.25) is 0 Å². The van der Waals surface area contributed by atoms with Gasteiger partial charge in [0.2, 0.25) is 0 Å². The lowest BCUT2D eigenvalue weighted by atomic mass is 9.91. The zero-order valence-corrected chi connectivity index (χ0v) is 13.0. The number of benzene rings is 2. The zero-order chi connectivity index (χ0) is 15.6. The molecule has 0 saturated heterocycles. The summed E-state index contributed by atoms with van der Waals surface area (Å²) in [6, 6.07) is 20.4. The summed E-state index contributed by atoms with van der Waals surface area (Å²) in [6.45, 7) is 6.21. The van der Waals surface area contributed by atoms with E-state index in [-0.39, 0.29) is 5.54 Å². The van der Waals surface area contributed by atoms with Crippen LogP contribution in [0, 0.1) is 0 Å². The largest absolute Gasteiger partial charge is 0.499 e. The van der Waals surface area contributed by atoms with E-state index < -0.39 is 0 Å². The smallest absolute Gasteiger partial charge is 0.122 e. The molecule has 1 aliphatic heterocycles. The van der Waals surface area contributed by atoms with Gasteiger partial charge in [-0.15, -0.1) is 0 Å². The second-order valence-electron chi connectivity index (χ2n) is 5.64. The number of hydrazone groups is 1. The Bertz CT molecular complexity index is 694. The fraction of sp³-hybridized carbons (Fsp3) is 0.211. The SMILES string of the molecule is C=C(OC)C1(C)CC(c2ccccc2)=NN1c1ccccc1. The van der Waals surface area contributed by atoms with Gasteiger partial charge in [0, 0.05) is 6.42 Å². The lowest BCUT2D eigenvalue weighted by Crippen LogP contribution is -2.42. The van der Waals surface area contributed by atoms with E-state index in [2.05, 4.69) is 37.8 Å². The topological polar surface area (TPSA) is 24.8 Å². The summed E-state index contributed by atoms with van der Waals surface area (Å²) >= 11 is 0. The van der Waals surface area contributed by atoms with Gasteiger partial charge >= 0.3 is 0 Å². The highest BCUT2D eigenvalue weighted by Crippen LogP contribution is 2.38. The van der Waals surface area contributed by atoms with Gasteiger partial charge in [-0.3, -0.25) is 5.01 Å². The van der Waals surface area contributed by atoms with Crippen molar-refractivity contribution in [2.75, 3.05) is 12.1 Å². The highest BCUT2D eigenvalue weighted by molar-refractivity contribution is 6.04. The summed E-state index contributed by atoms with van der Waals surface area (Å²) in [6.07, 6.45) is 0.762. The molecule has 0 spiro atoms. The molecule has 3 rings (SSSR count). The first kappa shape index (κ1) is 14.4. The average molecular weight is 292 g/mol. The molecule has 0 N–H and O–H groups in total. The van der Waals surface area contributed by atoms with Crippen molar-refractivity contribution in [2.45, 2.75) is 18.9 Å². The average Bonchev–Trinajstić information content (AvgIpc) is 2.95. The Morgan fingerprint density at radius 2 is 1.68 bits per heavy atom. The first-order chi connectivity index (χ1) is 10.6. The van der Waals surface area contributed by atoms with Crippen LogP contribution in [0.1, 0.15) is 18.9 Å². The van der Waals surface area contributed by atoms with E-state index >= 15 is 0 Å². The van der Waals surface area contributed by atoms with Gasteiger partial charge in [-0.2, -0.15) is 5.10 Å². The van der Waals surface area contributed by atoms with Crippen LogP contribution in [0.5, 0.6) is 0 Å². The predicted octanol–water partition coefficient (Wildman–Crippen LogP) is 4.22. The van der Waals surface area contributed by atoms with Crippen molar-refractivity contribution >= 4 is 11.4 Å². The number of para-hydroxylation sites is 1. The van der Waals surface area contributed by atoms with Crippen molar-refractivity contribution in [3.63, 3.8) is 0 Å². The van der Waals surface area contributed by atoms with Gasteiger partial charge in [-0.25, -0.2) is 0 Å². The summed E-state index contributed by atoms with van der Waals surface area (Å²) in [4.78, 5) is 0. The van der Waals surface area contributed by atoms with Crippen molar-refractivity contribution in [3.05, 3.63) is 78.6 Å². The lowest BCUT2D eigenvalue weighted by molar-refractivity contribution is 0.231. The minimum atomic E-state index is -0.388. The zero-order valence-electron chi connectivity index (χ0n) is 13.0. The monoisotopic (exact) mass is 292 g/mol. The Balaban J connectivity index is 2.05. The molecule has 0 aromatic heterocycles. The van der Waals surface area contributed by atoms with Gasteiger partial charge in [0.15, 0.2) is 0 Å². The van der Waals surface area contributed by atoms with Crippen molar-refractivity contribution in [1.29, 1.82) is 0 Å². The molecule has 0 bridgehead atoms. The van der Waals surface area contributed by atoms with E-state index in [1.807, 2.05) is 41.4 Å². The molecule has 1 heterocycles. The van der Waals surface area contributed by atoms with Crippen molar-refractivity contribution < 1.29 is 4.74 Å². The molecule has 3 nitrogen and oxygen atoms in total. The van der Waals surface area contributed by atoms with Gasteiger partial charge in [0.1, 0.15) is 11.3 Å². The Labute approximate surface area is 131 Å². The number of hydrogen-bond acceptors (Lipinski definition) is 3. The summed E-state index contributed by atoms with van der Waals surface area (Å²) < 4.78 is 5.46. The standard InChI is InChI=1S/C19H20N2O/c1-15(22-3)19(2)14-18(16-10-6-4-7-11-16)20-21(19)17-12-8-5-9-13-17/h4-13H,1,14H2,2-3H3. The van der Waals surface area contributed by atoms with Crippen molar-refractivity contribution in [2.24, 2.45) is 5.10 Å². The van der Waals surface area contributed by atoms with Gasteiger partial charge in [0.05, 0.1) is 18.5 Å². The first-order valence-corrected chi connectivity index (χ1v) is 7.37. The molecular formula is C19H20N2O. The fourth-order valence-electron chi connectivity index (χ4n) is 2.81. The van der Waals surface area contributed by atoms with Crippen LogP contribution in [0.25, 0.3) is 0 Å². The van der Waals surface area contributed by atoms with Crippen LogP contribution in [0.15, 0.2) is 78.1 Å². The predicted molar refractivity (Wildman–Crippen MR) is 91.1 cm³/mol. The molecule has 0 radical (unpaired) electrons. The molecule has 2 aromatic rings. The van der Waals surface area contributed by atoms with E-state index in [4.69, 9.17) is 9.84 Å². The summed E-state index contributed by atoms with van der Waals surface area (Å²) in [7, 11) is 1.66. The fourth-order valence-corrected chi connectivity index (χ4v) is 2.81. The van der Waals surface area contributed by atoms with Crippen LogP contribution in [-0.2, 0) is 4.74 Å². The third kappa shape index (κ3) is 2.39. The maximum absolute atomic E-state index is 5.46. The number of nitrogens with zero attached hydrogens (tertiary/aromatic N) is 2. The van der Waals surface area contributed by atoms with E-state index in [1.165, 1.54) is 0 Å². The summed E-state index contributed by atoms with van der Waals surface area (Å²) in [5.74, 6) is 0.714. The molecule has 0 amide bonds. The third-order valence-corrected chi connectivity index (χ3v) is 4.15. The molecule has 1 unspecified atom stereocenters. The Kier molecular flexibility index (Phi) is 3.72. The molecule has 22 heavy (non-hydrogen) atoms. The second kappa shape index (κ2) is 5.68. The van der Waals surface area contributed by atoms with Crippen LogP contribution in [-0.4, -0.2) is 18.4 Å². The molecule has 1 atom stereocenters. The van der Waals surface area contributed by atoms with E-state index in [0.717, 1.165) is 23.4 Å². The van der Waals surface area contributed by atoms with Crippen LogP contribution >= 0.6 is 0 Å². The Morgan fingerprint density at radius 1 is 1.09 bits per heavy atom. The molecule has 0 aliphatic carbocycles. The van der Waals surface area contributed by atoms with E-state index in [0.29, 0.717) is 5.76 Å². The van der Waals surface area contributed by atoms with E-state index in [1.54, 1.807) is 7.11 Å². The summed E-state index contributed by atoms with van der Waals surface area (Å²) in [5, 5.41) is 6.87. The van der Waals surface area contributed by atoms with Crippen LogP contribution in [0.3, 0.4) is 0 Å². The number of hydrogen-bond donors (Lipinski definition) is 0. The van der Waals surface area contributed by atoms with Crippen LogP contribution < -0.4 is 5.01 Å². The number of rotatable bonds is 4. The molecule has 2 aromatic carbocycles. The molecule has 1 aliphatic rings. The highest BCUT2D eigenvalue weighted by atomic mass is 16.5. The second-order valence-corrected chi connectivity index (χ2v) is 5.64. The van der Waals surface area contributed by atoms with Gasteiger partial charge in [-0.1, -0.05) is 55.1 Å². The normalized spacial score (nSPS) is 20.6. The van der Waals surface area contributed by atoms with E-state index in [9.17, 15) is 0 Å². The van der Waals surface area contributed by atoms with Gasteiger partial charge < -0.3 is 4.74 Å². The highest BCUT2D eigenvalue weighted by Gasteiger charge is 2.43. The Morgan fingerprint density at radius 3 is 2.27 bits per heavy atom. The van der Waals surface area contributed by atoms with Crippen LogP contribution in [0.4, 0.5) is 5.69 Å². The third-order valence-electron chi connectivity index (χ3n) is 4.15. The van der Waals surface area contributed by atoms with Crippen molar-refractivity contribution in [3.8, 4) is 0 Å². The van der Waals surface area contributed by atoms with Gasteiger partial charge in [0.25, 0.3) is 0 Å². The molecule has 112 valence electrons. The maximum atomic E-state index is 5.46. The van der Waals surface area contributed by atoms with Crippen molar-refractivity contribution in [1.82, 2.24) is 0 Å².